The summed E-state index contributed by atoms with van der Waals surface area (Å²) in [5.41, 5.74) is 0. The molecule has 1 atom stereocenters. The molecule has 1 saturated heterocycles. The van der Waals surface area contributed by atoms with E-state index in [0.29, 0.717) is 12.1 Å². The van der Waals surface area contributed by atoms with Gasteiger partial charge in [0.25, 0.3) is 0 Å². The molecule has 1 aliphatic carbocycles. The third-order valence-corrected chi connectivity index (χ3v) is 4.17. The Morgan fingerprint density at radius 2 is 2.11 bits per heavy atom. The van der Waals surface area contributed by atoms with Gasteiger partial charge in [0.15, 0.2) is 0 Å². The summed E-state index contributed by atoms with van der Waals surface area (Å²) in [5, 5.41) is 3.18. The number of amides is 1. The van der Waals surface area contributed by atoms with Crippen molar-refractivity contribution < 1.29 is 9.53 Å². The number of carbonyl (C=O) groups is 1. The number of nitrogens with zero attached hydrogens (tertiary/aromatic N) is 1. The van der Waals surface area contributed by atoms with Crippen LogP contribution in [0, 0.1) is 0 Å². The van der Waals surface area contributed by atoms with Crippen LogP contribution in [0.3, 0.4) is 0 Å². The third-order valence-electron chi connectivity index (χ3n) is 4.17. The topological polar surface area (TPSA) is 41.6 Å². The lowest BCUT2D eigenvalue weighted by atomic mass is 9.88. The van der Waals surface area contributed by atoms with E-state index in [1.54, 1.807) is 0 Å². The van der Waals surface area contributed by atoms with Gasteiger partial charge in [-0.1, -0.05) is 13.3 Å². The van der Waals surface area contributed by atoms with Crippen molar-refractivity contribution in [1.82, 2.24) is 10.2 Å². The molecule has 0 aromatic rings. The predicted octanol–water partition coefficient (Wildman–Crippen LogP) is 1.54. The molecule has 0 bridgehead atoms. The highest BCUT2D eigenvalue weighted by Crippen LogP contribution is 2.24. The summed E-state index contributed by atoms with van der Waals surface area (Å²) in [6.45, 7) is 6.98. The number of rotatable bonds is 5. The van der Waals surface area contributed by atoms with E-state index in [9.17, 15) is 4.79 Å². The van der Waals surface area contributed by atoms with Gasteiger partial charge in [-0.2, -0.15) is 0 Å². The number of likely N-dealkylation sites (tertiary alicyclic amines) is 1. The molecule has 4 nitrogen and oxygen atoms in total. The van der Waals surface area contributed by atoms with Crippen LogP contribution >= 0.6 is 0 Å². The van der Waals surface area contributed by atoms with Crippen molar-refractivity contribution >= 4 is 5.91 Å². The third kappa shape index (κ3) is 3.23. The number of likely N-dealkylation sites (N-methyl/N-ethyl adjacent to an activating group) is 1. The average molecular weight is 254 g/mol. The van der Waals surface area contributed by atoms with E-state index in [-0.39, 0.29) is 11.9 Å². The maximum Gasteiger partial charge on any atom is 0.237 e. The zero-order chi connectivity index (χ0) is 13.0. The maximum atomic E-state index is 12.2. The predicted molar refractivity (Wildman–Crippen MR) is 71.5 cm³/mol. The Kier molecular flexibility index (Phi) is 5.01. The molecule has 18 heavy (non-hydrogen) atoms. The van der Waals surface area contributed by atoms with Gasteiger partial charge < -0.3 is 10.1 Å². The second kappa shape index (κ2) is 6.53. The van der Waals surface area contributed by atoms with E-state index in [1.807, 2.05) is 6.92 Å². The lowest BCUT2D eigenvalue weighted by Gasteiger charge is -2.39. The fourth-order valence-corrected chi connectivity index (χ4v) is 3.02. The Balaban J connectivity index is 1.74. The van der Waals surface area contributed by atoms with Crippen molar-refractivity contribution in [2.75, 3.05) is 19.7 Å². The molecule has 1 heterocycles. The van der Waals surface area contributed by atoms with E-state index in [1.165, 1.54) is 12.8 Å². The number of ether oxygens (including phenoxy) is 1. The zero-order valence-electron chi connectivity index (χ0n) is 11.7. The Morgan fingerprint density at radius 3 is 2.78 bits per heavy atom. The number of piperidine rings is 1. The quantitative estimate of drug-likeness (QED) is 0.809. The Hall–Kier alpha value is -0.610. The molecule has 2 fully saturated rings. The van der Waals surface area contributed by atoms with E-state index in [0.717, 1.165) is 39.0 Å². The summed E-state index contributed by atoms with van der Waals surface area (Å²) in [6.07, 6.45) is 5.76. The summed E-state index contributed by atoms with van der Waals surface area (Å²) in [5.74, 6) is 0.233. The monoisotopic (exact) mass is 254 g/mol. The molecule has 0 aromatic carbocycles. The highest BCUT2D eigenvalue weighted by molar-refractivity contribution is 5.82. The van der Waals surface area contributed by atoms with E-state index < -0.39 is 0 Å². The van der Waals surface area contributed by atoms with Crippen molar-refractivity contribution in [2.24, 2.45) is 0 Å². The molecule has 0 radical (unpaired) electrons. The molecule has 0 spiro atoms. The molecule has 1 unspecified atom stereocenters. The smallest absolute Gasteiger partial charge is 0.237 e. The number of nitrogens with one attached hydrogen (secondary N) is 1. The normalized spacial score (nSPS) is 32.9. The molecular weight excluding hydrogens is 228 g/mol. The molecule has 2 rings (SSSR count). The van der Waals surface area contributed by atoms with E-state index >= 15 is 0 Å². The van der Waals surface area contributed by atoms with Crippen LogP contribution in [-0.2, 0) is 9.53 Å². The van der Waals surface area contributed by atoms with Crippen LogP contribution in [0.4, 0.5) is 0 Å². The van der Waals surface area contributed by atoms with Gasteiger partial charge >= 0.3 is 0 Å². The highest BCUT2D eigenvalue weighted by Gasteiger charge is 2.34. The first-order valence-corrected chi connectivity index (χ1v) is 7.40. The van der Waals surface area contributed by atoms with E-state index in [4.69, 9.17) is 4.74 Å². The van der Waals surface area contributed by atoms with Gasteiger partial charge in [-0.25, -0.2) is 0 Å². The fraction of sp³-hybridized carbons (Fsp3) is 0.929. The van der Waals surface area contributed by atoms with Gasteiger partial charge in [0.05, 0.1) is 12.1 Å². The minimum absolute atomic E-state index is 0.106. The number of hydrogen-bond acceptors (Lipinski definition) is 3. The van der Waals surface area contributed by atoms with Crippen LogP contribution in [0.25, 0.3) is 0 Å². The Labute approximate surface area is 110 Å². The van der Waals surface area contributed by atoms with Crippen molar-refractivity contribution in [3.63, 3.8) is 0 Å². The lowest BCUT2D eigenvalue weighted by Crippen LogP contribution is -2.55. The zero-order valence-corrected chi connectivity index (χ0v) is 11.7. The molecule has 4 heteroatoms. The lowest BCUT2D eigenvalue weighted by molar-refractivity contribution is -0.130. The van der Waals surface area contributed by atoms with Gasteiger partial charge in [0, 0.05) is 12.6 Å². The molecule has 1 aliphatic heterocycles. The van der Waals surface area contributed by atoms with Crippen LogP contribution in [-0.4, -0.2) is 48.7 Å². The first kappa shape index (κ1) is 13.8. The second-order valence-electron chi connectivity index (χ2n) is 5.39. The maximum absolute atomic E-state index is 12.2. The average Bonchev–Trinajstić information content (AvgIpc) is 2.36. The molecule has 2 aliphatic rings. The summed E-state index contributed by atoms with van der Waals surface area (Å²) >= 11 is 0. The van der Waals surface area contributed by atoms with Crippen molar-refractivity contribution in [2.45, 2.75) is 64.1 Å². The summed E-state index contributed by atoms with van der Waals surface area (Å²) in [7, 11) is 0. The van der Waals surface area contributed by atoms with Crippen LogP contribution in [0.1, 0.15) is 46.0 Å². The largest absolute Gasteiger partial charge is 0.378 e. The van der Waals surface area contributed by atoms with Crippen molar-refractivity contribution in [1.29, 1.82) is 0 Å². The Bertz CT molecular complexity index is 277. The molecule has 1 N–H and O–H groups in total. The van der Waals surface area contributed by atoms with Gasteiger partial charge in [-0.3, -0.25) is 9.69 Å². The van der Waals surface area contributed by atoms with Gasteiger partial charge in [0.1, 0.15) is 0 Å². The van der Waals surface area contributed by atoms with Gasteiger partial charge in [-0.05, 0) is 45.7 Å². The van der Waals surface area contributed by atoms with Crippen LogP contribution in [0.5, 0.6) is 0 Å². The minimum atomic E-state index is 0.106. The minimum Gasteiger partial charge on any atom is -0.378 e. The SMILES string of the molecule is CCOC1CC(NC(=O)C2CCCCN2CC)C1. The van der Waals surface area contributed by atoms with Gasteiger partial charge in [-0.15, -0.1) is 0 Å². The second-order valence-corrected chi connectivity index (χ2v) is 5.39. The molecule has 1 amide bonds. The molecular formula is C14H26N2O2. The van der Waals surface area contributed by atoms with Crippen molar-refractivity contribution in [3.05, 3.63) is 0 Å². The number of hydrogen-bond donors (Lipinski definition) is 1. The van der Waals surface area contributed by atoms with E-state index in [2.05, 4.69) is 17.1 Å². The Morgan fingerprint density at radius 1 is 1.33 bits per heavy atom. The first-order chi connectivity index (χ1) is 8.74. The highest BCUT2D eigenvalue weighted by atomic mass is 16.5. The van der Waals surface area contributed by atoms with Gasteiger partial charge in [0.2, 0.25) is 5.91 Å². The standard InChI is InChI=1S/C14H26N2O2/c1-3-16-8-6-5-7-13(16)14(17)15-11-9-12(10-11)18-4-2/h11-13H,3-10H2,1-2H3,(H,15,17). The molecule has 1 saturated carbocycles. The first-order valence-electron chi connectivity index (χ1n) is 7.40. The van der Waals surface area contributed by atoms with Crippen LogP contribution in [0.2, 0.25) is 0 Å². The molecule has 0 aromatic heterocycles. The summed E-state index contributed by atoms with van der Waals surface area (Å²) in [6, 6.07) is 0.449. The van der Waals surface area contributed by atoms with Crippen molar-refractivity contribution in [3.8, 4) is 0 Å². The van der Waals surface area contributed by atoms with Crippen LogP contribution < -0.4 is 5.32 Å². The number of carbonyl (C=O) groups excluding carboxylic acids is 1. The van der Waals surface area contributed by atoms with Crippen LogP contribution in [0.15, 0.2) is 0 Å². The summed E-state index contributed by atoms with van der Waals surface area (Å²) in [4.78, 5) is 14.5. The summed E-state index contributed by atoms with van der Waals surface area (Å²) < 4.78 is 5.52. The molecule has 104 valence electrons. The fourth-order valence-electron chi connectivity index (χ4n) is 3.02.